The molecular formula is C14H17Cl2N3O. The van der Waals surface area contributed by atoms with Crippen LogP contribution in [0.15, 0.2) is 18.2 Å². The van der Waals surface area contributed by atoms with Gasteiger partial charge in [-0.25, -0.2) is 4.98 Å². The Morgan fingerprint density at radius 3 is 2.90 bits per heavy atom. The number of benzene rings is 1. The standard InChI is InChI=1S/C14H17Cl2N3O/c1-3-7-17-14(20)9(2)19-11-6-4-5-10(16)13(11)18-12(19)8-15/h4-6,9H,3,7-8H2,1-2H3,(H,17,20). The van der Waals surface area contributed by atoms with E-state index in [9.17, 15) is 4.79 Å². The largest absolute Gasteiger partial charge is 0.354 e. The van der Waals surface area contributed by atoms with Crippen molar-refractivity contribution in [3.05, 3.63) is 29.0 Å². The molecule has 0 radical (unpaired) electrons. The van der Waals surface area contributed by atoms with Crippen molar-refractivity contribution in [3.8, 4) is 0 Å². The molecule has 1 N–H and O–H groups in total. The molecule has 0 fully saturated rings. The van der Waals surface area contributed by atoms with E-state index in [2.05, 4.69) is 10.3 Å². The number of hydrogen-bond acceptors (Lipinski definition) is 2. The fourth-order valence-electron chi connectivity index (χ4n) is 2.17. The minimum absolute atomic E-state index is 0.0440. The number of amides is 1. The van der Waals surface area contributed by atoms with Crippen LogP contribution >= 0.6 is 23.2 Å². The molecule has 1 atom stereocenters. The highest BCUT2D eigenvalue weighted by Crippen LogP contribution is 2.27. The van der Waals surface area contributed by atoms with Crippen molar-refractivity contribution in [2.24, 2.45) is 0 Å². The van der Waals surface area contributed by atoms with Crippen molar-refractivity contribution in [1.82, 2.24) is 14.9 Å². The van der Waals surface area contributed by atoms with Gasteiger partial charge in [0.15, 0.2) is 0 Å². The van der Waals surface area contributed by atoms with E-state index >= 15 is 0 Å². The average Bonchev–Trinajstić information content (AvgIpc) is 2.83. The number of fused-ring (bicyclic) bond motifs is 1. The Labute approximate surface area is 128 Å². The SMILES string of the molecule is CCCNC(=O)C(C)n1c(CCl)nc2c(Cl)cccc21. The first-order valence-electron chi connectivity index (χ1n) is 6.59. The summed E-state index contributed by atoms with van der Waals surface area (Å²) in [5.74, 6) is 0.836. The minimum Gasteiger partial charge on any atom is -0.354 e. The molecule has 0 aliphatic rings. The smallest absolute Gasteiger partial charge is 0.242 e. The van der Waals surface area contributed by atoms with Crippen molar-refractivity contribution >= 4 is 40.1 Å². The Kier molecular flexibility index (Phi) is 4.89. The Morgan fingerprint density at radius 1 is 1.50 bits per heavy atom. The maximum atomic E-state index is 12.2. The van der Waals surface area contributed by atoms with E-state index in [0.717, 1.165) is 11.9 Å². The van der Waals surface area contributed by atoms with Gasteiger partial charge >= 0.3 is 0 Å². The molecule has 1 unspecified atom stereocenters. The topological polar surface area (TPSA) is 46.9 Å². The van der Waals surface area contributed by atoms with E-state index in [0.29, 0.717) is 22.9 Å². The maximum absolute atomic E-state index is 12.2. The first kappa shape index (κ1) is 15.1. The highest BCUT2D eigenvalue weighted by molar-refractivity contribution is 6.35. The van der Waals surface area contributed by atoms with Gasteiger partial charge in [-0.2, -0.15) is 0 Å². The number of imidazole rings is 1. The fourth-order valence-corrected chi connectivity index (χ4v) is 2.57. The summed E-state index contributed by atoms with van der Waals surface area (Å²) in [6, 6.07) is 5.14. The number of rotatable bonds is 5. The third kappa shape index (κ3) is 2.76. The molecule has 4 nitrogen and oxygen atoms in total. The zero-order chi connectivity index (χ0) is 14.7. The second kappa shape index (κ2) is 6.46. The van der Waals surface area contributed by atoms with Crippen LogP contribution in [0, 0.1) is 0 Å². The third-order valence-corrected chi connectivity index (χ3v) is 3.72. The van der Waals surface area contributed by atoms with Crippen molar-refractivity contribution in [1.29, 1.82) is 0 Å². The zero-order valence-electron chi connectivity index (χ0n) is 11.5. The van der Waals surface area contributed by atoms with E-state index in [4.69, 9.17) is 23.2 Å². The van der Waals surface area contributed by atoms with Gasteiger partial charge in [0, 0.05) is 6.54 Å². The lowest BCUT2D eigenvalue weighted by atomic mass is 10.2. The predicted octanol–water partition coefficient (Wildman–Crippen LogP) is 3.52. The summed E-state index contributed by atoms with van der Waals surface area (Å²) in [6.45, 7) is 4.51. The number of carbonyl (C=O) groups excluding carboxylic acids is 1. The first-order chi connectivity index (χ1) is 9.60. The van der Waals surface area contributed by atoms with Crippen molar-refractivity contribution in [2.45, 2.75) is 32.2 Å². The van der Waals surface area contributed by atoms with Gasteiger partial charge in [0.25, 0.3) is 0 Å². The van der Waals surface area contributed by atoms with Crippen LogP contribution < -0.4 is 5.32 Å². The van der Waals surface area contributed by atoms with Gasteiger partial charge in [0.05, 0.1) is 16.4 Å². The zero-order valence-corrected chi connectivity index (χ0v) is 13.0. The monoisotopic (exact) mass is 313 g/mol. The van der Waals surface area contributed by atoms with Crippen LogP contribution in [0.4, 0.5) is 0 Å². The maximum Gasteiger partial charge on any atom is 0.242 e. The number of hydrogen-bond donors (Lipinski definition) is 1. The fraction of sp³-hybridized carbons (Fsp3) is 0.429. The number of nitrogens with zero attached hydrogens (tertiary/aromatic N) is 2. The van der Waals surface area contributed by atoms with Crippen LogP contribution in [0.5, 0.6) is 0 Å². The molecule has 20 heavy (non-hydrogen) atoms. The summed E-state index contributed by atoms with van der Waals surface area (Å²) in [7, 11) is 0. The Morgan fingerprint density at radius 2 is 2.25 bits per heavy atom. The number of alkyl halides is 1. The quantitative estimate of drug-likeness (QED) is 0.859. The van der Waals surface area contributed by atoms with Gasteiger partial charge < -0.3 is 9.88 Å². The van der Waals surface area contributed by atoms with Crippen molar-refractivity contribution < 1.29 is 4.79 Å². The van der Waals surface area contributed by atoms with Crippen LogP contribution in [0.25, 0.3) is 11.0 Å². The molecule has 0 aliphatic heterocycles. The van der Waals surface area contributed by atoms with Crippen LogP contribution in [0.3, 0.4) is 0 Å². The highest BCUT2D eigenvalue weighted by atomic mass is 35.5. The lowest BCUT2D eigenvalue weighted by Gasteiger charge is -2.16. The number of nitrogens with one attached hydrogen (secondary N) is 1. The van der Waals surface area contributed by atoms with Crippen LogP contribution in [-0.4, -0.2) is 22.0 Å². The van der Waals surface area contributed by atoms with Gasteiger partial charge in [-0.1, -0.05) is 24.6 Å². The molecule has 0 aliphatic carbocycles. The van der Waals surface area contributed by atoms with Gasteiger partial charge in [-0.15, -0.1) is 11.6 Å². The first-order valence-corrected chi connectivity index (χ1v) is 7.50. The molecule has 2 aromatic rings. The summed E-state index contributed by atoms with van der Waals surface area (Å²) in [5.41, 5.74) is 1.51. The molecule has 0 saturated heterocycles. The number of halogens is 2. The summed E-state index contributed by atoms with van der Waals surface area (Å²) in [6.07, 6.45) is 0.900. The van der Waals surface area contributed by atoms with E-state index in [-0.39, 0.29) is 17.8 Å². The normalized spacial score (nSPS) is 12.6. The molecule has 2 rings (SSSR count). The predicted molar refractivity (Wildman–Crippen MR) is 82.3 cm³/mol. The van der Waals surface area contributed by atoms with Gasteiger partial charge in [-0.3, -0.25) is 4.79 Å². The number of para-hydroxylation sites is 1. The van der Waals surface area contributed by atoms with Crippen molar-refractivity contribution in [3.63, 3.8) is 0 Å². The summed E-state index contributed by atoms with van der Waals surface area (Å²) >= 11 is 12.1. The van der Waals surface area contributed by atoms with E-state index in [1.807, 2.05) is 30.5 Å². The Bertz CT molecular complexity index is 624. The number of carbonyl (C=O) groups is 1. The summed E-state index contributed by atoms with van der Waals surface area (Å²) in [4.78, 5) is 16.6. The lowest BCUT2D eigenvalue weighted by Crippen LogP contribution is -2.32. The number of aromatic nitrogens is 2. The molecule has 1 aromatic carbocycles. The summed E-state index contributed by atoms with van der Waals surface area (Å²) in [5, 5.41) is 3.45. The minimum atomic E-state index is -0.376. The lowest BCUT2D eigenvalue weighted by molar-refractivity contribution is -0.123. The second-order valence-electron chi connectivity index (χ2n) is 4.61. The Hall–Kier alpha value is -1.26. The molecule has 108 valence electrons. The van der Waals surface area contributed by atoms with E-state index in [1.54, 1.807) is 6.07 Å². The average molecular weight is 314 g/mol. The van der Waals surface area contributed by atoms with Gasteiger partial charge in [0.1, 0.15) is 17.4 Å². The molecule has 1 amide bonds. The molecule has 1 heterocycles. The molecule has 1 aromatic heterocycles. The third-order valence-electron chi connectivity index (χ3n) is 3.18. The molecule has 0 saturated carbocycles. The molecular weight excluding hydrogens is 297 g/mol. The van der Waals surface area contributed by atoms with Crippen molar-refractivity contribution in [2.75, 3.05) is 6.54 Å². The van der Waals surface area contributed by atoms with Crippen LogP contribution in [-0.2, 0) is 10.7 Å². The summed E-state index contributed by atoms with van der Waals surface area (Å²) < 4.78 is 1.85. The van der Waals surface area contributed by atoms with Crippen LogP contribution in [0.2, 0.25) is 5.02 Å². The molecule has 0 spiro atoms. The van der Waals surface area contributed by atoms with Gasteiger partial charge in [0.2, 0.25) is 5.91 Å². The Balaban J connectivity index is 2.46. The highest BCUT2D eigenvalue weighted by Gasteiger charge is 2.21. The molecule has 0 bridgehead atoms. The second-order valence-corrected chi connectivity index (χ2v) is 5.28. The molecule has 6 heteroatoms. The van der Waals surface area contributed by atoms with E-state index < -0.39 is 0 Å². The van der Waals surface area contributed by atoms with Crippen LogP contribution in [0.1, 0.15) is 32.1 Å². The van der Waals surface area contributed by atoms with E-state index in [1.165, 1.54) is 0 Å². The van der Waals surface area contributed by atoms with Gasteiger partial charge in [-0.05, 0) is 25.5 Å².